The molecule has 0 amide bonds. The smallest absolute Gasteiger partial charge is 0.0835 e. The summed E-state index contributed by atoms with van der Waals surface area (Å²) in [6.45, 7) is 4.62. The minimum atomic E-state index is 0.489. The third-order valence-corrected chi connectivity index (χ3v) is 5.61. The Balaban J connectivity index is 2.16. The Morgan fingerprint density at radius 3 is 2.61 bits per heavy atom. The molecule has 3 atom stereocenters. The topological polar surface area (TPSA) is 12.0 Å². The number of benzene rings is 1. The third-order valence-electron chi connectivity index (χ3n) is 3.83. The molecular weight excluding hydrogens is 333 g/mol. The Labute approximate surface area is 127 Å². The minimum absolute atomic E-state index is 0.489. The van der Waals surface area contributed by atoms with Gasteiger partial charge in [0.25, 0.3) is 0 Å². The van der Waals surface area contributed by atoms with Gasteiger partial charge in [0.15, 0.2) is 0 Å². The first-order valence-corrected chi connectivity index (χ1v) is 7.94. The average Bonchev–Trinajstić information content (AvgIpc) is 2.34. The summed E-state index contributed by atoms with van der Waals surface area (Å²) >= 11 is 15.8. The lowest BCUT2D eigenvalue weighted by Gasteiger charge is -2.34. The molecule has 1 aromatic carbocycles. The van der Waals surface area contributed by atoms with Gasteiger partial charge in [-0.15, -0.1) is 0 Å². The van der Waals surface area contributed by atoms with Crippen molar-refractivity contribution >= 4 is 44.8 Å². The number of rotatable bonds is 2. The van der Waals surface area contributed by atoms with Crippen LogP contribution in [-0.4, -0.2) is 6.04 Å². The molecule has 1 aromatic rings. The molecule has 3 unspecified atom stereocenters. The number of hydrogen-bond acceptors (Lipinski definition) is 1. The summed E-state index contributed by atoms with van der Waals surface area (Å²) in [4.78, 5) is 0. The van der Waals surface area contributed by atoms with Crippen molar-refractivity contribution in [2.45, 2.75) is 39.2 Å². The second kappa shape index (κ2) is 6.02. The summed E-state index contributed by atoms with van der Waals surface area (Å²) in [6, 6.07) is 4.42. The maximum absolute atomic E-state index is 6.28. The molecule has 18 heavy (non-hydrogen) atoms. The van der Waals surface area contributed by atoms with Gasteiger partial charge in [-0.05, 0) is 52.7 Å². The van der Waals surface area contributed by atoms with Crippen molar-refractivity contribution in [2.24, 2.45) is 11.8 Å². The van der Waals surface area contributed by atoms with Crippen LogP contribution in [0.5, 0.6) is 0 Å². The molecule has 1 saturated carbocycles. The van der Waals surface area contributed by atoms with Crippen LogP contribution in [-0.2, 0) is 0 Å². The number of hydrogen-bond donors (Lipinski definition) is 1. The fraction of sp³-hybridized carbons (Fsp3) is 0.571. The van der Waals surface area contributed by atoms with E-state index in [-0.39, 0.29) is 0 Å². The van der Waals surface area contributed by atoms with E-state index in [1.54, 1.807) is 0 Å². The van der Waals surface area contributed by atoms with Crippen LogP contribution in [0, 0.1) is 11.8 Å². The highest BCUT2D eigenvalue weighted by molar-refractivity contribution is 9.10. The van der Waals surface area contributed by atoms with Crippen molar-refractivity contribution in [1.82, 2.24) is 0 Å². The van der Waals surface area contributed by atoms with Crippen LogP contribution in [0.25, 0.3) is 0 Å². The highest BCUT2D eigenvalue weighted by Gasteiger charge is 2.26. The highest BCUT2D eigenvalue weighted by Crippen LogP contribution is 2.38. The van der Waals surface area contributed by atoms with Crippen LogP contribution in [0.15, 0.2) is 16.6 Å². The molecule has 0 heterocycles. The predicted molar refractivity (Wildman–Crippen MR) is 83.8 cm³/mol. The quantitative estimate of drug-likeness (QED) is 0.645. The van der Waals surface area contributed by atoms with E-state index >= 15 is 0 Å². The van der Waals surface area contributed by atoms with Crippen molar-refractivity contribution in [1.29, 1.82) is 0 Å². The molecule has 4 heteroatoms. The van der Waals surface area contributed by atoms with Gasteiger partial charge >= 0.3 is 0 Å². The summed E-state index contributed by atoms with van der Waals surface area (Å²) in [5.74, 6) is 1.46. The molecule has 1 aliphatic carbocycles. The summed E-state index contributed by atoms with van der Waals surface area (Å²) < 4.78 is 0.838. The van der Waals surface area contributed by atoms with Crippen LogP contribution >= 0.6 is 39.1 Å². The van der Waals surface area contributed by atoms with Crippen LogP contribution in [0.4, 0.5) is 5.69 Å². The second-order valence-electron chi connectivity index (χ2n) is 5.37. The molecule has 2 rings (SSSR count). The largest absolute Gasteiger partial charge is 0.381 e. The molecule has 1 aliphatic rings. The lowest BCUT2D eigenvalue weighted by atomic mass is 9.80. The van der Waals surface area contributed by atoms with E-state index in [1.165, 1.54) is 19.3 Å². The summed E-state index contributed by atoms with van der Waals surface area (Å²) in [7, 11) is 0. The molecule has 1 N–H and O–H groups in total. The Morgan fingerprint density at radius 2 is 1.89 bits per heavy atom. The van der Waals surface area contributed by atoms with Gasteiger partial charge in [0, 0.05) is 10.5 Å². The van der Waals surface area contributed by atoms with Gasteiger partial charge in [-0.3, -0.25) is 0 Å². The van der Waals surface area contributed by atoms with Gasteiger partial charge < -0.3 is 5.32 Å². The Morgan fingerprint density at radius 1 is 1.17 bits per heavy atom. The maximum Gasteiger partial charge on any atom is 0.0835 e. The number of anilines is 1. The fourth-order valence-electron chi connectivity index (χ4n) is 2.57. The predicted octanol–water partition coefficient (Wildman–Crippen LogP) is 5.99. The second-order valence-corrected chi connectivity index (χ2v) is 6.98. The zero-order valence-corrected chi connectivity index (χ0v) is 13.7. The van der Waals surface area contributed by atoms with Gasteiger partial charge in [-0.25, -0.2) is 0 Å². The first-order chi connectivity index (χ1) is 8.49. The van der Waals surface area contributed by atoms with E-state index in [0.717, 1.165) is 16.1 Å². The highest BCUT2D eigenvalue weighted by atomic mass is 79.9. The summed E-state index contributed by atoms with van der Waals surface area (Å²) in [5.41, 5.74) is 0.941. The first-order valence-electron chi connectivity index (χ1n) is 6.39. The van der Waals surface area contributed by atoms with Crippen LogP contribution in [0.2, 0.25) is 10.0 Å². The molecule has 0 bridgehead atoms. The zero-order chi connectivity index (χ0) is 13.3. The maximum atomic E-state index is 6.28. The minimum Gasteiger partial charge on any atom is -0.381 e. The van der Waals surface area contributed by atoms with E-state index in [1.807, 2.05) is 12.1 Å². The fourth-order valence-corrected chi connectivity index (χ4v) is 3.40. The summed E-state index contributed by atoms with van der Waals surface area (Å²) in [5, 5.41) is 4.75. The normalized spacial score (nSPS) is 28.2. The molecule has 0 aliphatic heterocycles. The van der Waals surface area contributed by atoms with E-state index in [4.69, 9.17) is 23.2 Å². The van der Waals surface area contributed by atoms with Crippen molar-refractivity contribution in [3.8, 4) is 0 Å². The van der Waals surface area contributed by atoms with Gasteiger partial charge in [0.2, 0.25) is 0 Å². The van der Waals surface area contributed by atoms with Gasteiger partial charge in [0.1, 0.15) is 0 Å². The molecule has 1 fully saturated rings. The molecule has 1 nitrogen and oxygen atoms in total. The lowest BCUT2D eigenvalue weighted by Crippen LogP contribution is -2.33. The molecule has 100 valence electrons. The molecular formula is C14H18BrCl2N. The Hall–Kier alpha value is 0.0800. The molecule has 0 spiro atoms. The lowest BCUT2D eigenvalue weighted by molar-refractivity contribution is 0.281. The summed E-state index contributed by atoms with van der Waals surface area (Å²) in [6.07, 6.45) is 3.81. The van der Waals surface area contributed by atoms with E-state index in [0.29, 0.717) is 22.0 Å². The van der Waals surface area contributed by atoms with Crippen LogP contribution in [0.1, 0.15) is 33.1 Å². The van der Waals surface area contributed by atoms with Gasteiger partial charge in [-0.1, -0.05) is 43.5 Å². The molecule has 0 aromatic heterocycles. The van der Waals surface area contributed by atoms with Crippen molar-refractivity contribution < 1.29 is 0 Å². The molecule has 0 radical (unpaired) electrons. The SMILES string of the molecule is CC1CCC(C)C(Nc2ccc(Br)c(Cl)c2Cl)C1. The zero-order valence-electron chi connectivity index (χ0n) is 10.6. The number of nitrogens with one attached hydrogen (secondary N) is 1. The van der Waals surface area contributed by atoms with Crippen molar-refractivity contribution in [2.75, 3.05) is 5.32 Å². The van der Waals surface area contributed by atoms with Crippen molar-refractivity contribution in [3.63, 3.8) is 0 Å². The number of halogens is 3. The van der Waals surface area contributed by atoms with Crippen molar-refractivity contribution in [3.05, 3.63) is 26.7 Å². The van der Waals surface area contributed by atoms with E-state index in [2.05, 4.69) is 35.1 Å². The monoisotopic (exact) mass is 349 g/mol. The van der Waals surface area contributed by atoms with Crippen LogP contribution in [0.3, 0.4) is 0 Å². The average molecular weight is 351 g/mol. The van der Waals surface area contributed by atoms with Crippen LogP contribution < -0.4 is 5.32 Å². The van der Waals surface area contributed by atoms with Gasteiger partial charge in [-0.2, -0.15) is 0 Å². The van der Waals surface area contributed by atoms with E-state index < -0.39 is 0 Å². The first kappa shape index (κ1) is 14.5. The Bertz CT molecular complexity index is 436. The van der Waals surface area contributed by atoms with E-state index in [9.17, 15) is 0 Å². The standard InChI is InChI=1S/C14H18BrCl2N/c1-8-3-4-9(2)12(7-8)18-11-6-5-10(15)13(16)14(11)17/h5-6,8-9,12,18H,3-4,7H2,1-2H3. The Kier molecular flexibility index (Phi) is 4.85. The third kappa shape index (κ3) is 3.15. The molecule has 0 saturated heterocycles. The van der Waals surface area contributed by atoms with Gasteiger partial charge in [0.05, 0.1) is 15.7 Å².